The summed E-state index contributed by atoms with van der Waals surface area (Å²) in [5.74, 6) is -0.0186. The Morgan fingerprint density at radius 2 is 1.24 bits per heavy atom. The van der Waals surface area contributed by atoms with Crippen LogP contribution in [-0.4, -0.2) is 43.7 Å². The maximum atomic E-state index is 14.4. The number of aryl methyl sites for hydroxylation is 1. The largest absolute Gasteiger partial charge is 0.484 e. The van der Waals surface area contributed by atoms with Gasteiger partial charge in [-0.15, -0.1) is 11.8 Å². The second kappa shape index (κ2) is 32.0. The van der Waals surface area contributed by atoms with Crippen molar-refractivity contribution in [2.75, 3.05) is 22.7 Å². The van der Waals surface area contributed by atoms with Crippen molar-refractivity contribution >= 4 is 103 Å². The fraction of sp³-hybridized carbons (Fsp3) is 0.518. The van der Waals surface area contributed by atoms with Crippen LogP contribution in [0.15, 0.2) is 93.6 Å². The monoisotopic (exact) mass is 1090 g/mol. The minimum Gasteiger partial charge on any atom is -0.484 e. The number of nitrogens with zero attached hydrogens (tertiary/aromatic N) is 2. The van der Waals surface area contributed by atoms with E-state index in [4.69, 9.17) is 56.1 Å². The van der Waals surface area contributed by atoms with Crippen molar-refractivity contribution in [2.24, 2.45) is 4.99 Å². The van der Waals surface area contributed by atoms with Gasteiger partial charge in [-0.05, 0) is 79.4 Å². The van der Waals surface area contributed by atoms with Gasteiger partial charge in [0.1, 0.15) is 22.5 Å². The molecule has 1 atom stereocenters. The molecular formula is C56H74Cl4N4O5S2. The molecule has 0 saturated carbocycles. The molecule has 1 saturated heterocycles. The smallest absolute Gasteiger partial charge is 0.267 e. The van der Waals surface area contributed by atoms with E-state index in [0.29, 0.717) is 22.8 Å². The Balaban J connectivity index is 1.19. The van der Waals surface area contributed by atoms with E-state index in [1.165, 1.54) is 156 Å². The van der Waals surface area contributed by atoms with Crippen molar-refractivity contribution in [2.45, 2.75) is 183 Å². The van der Waals surface area contributed by atoms with Crippen molar-refractivity contribution in [3.8, 4) is 5.75 Å². The molecule has 4 aromatic carbocycles. The molecule has 2 amide bonds. The van der Waals surface area contributed by atoms with Gasteiger partial charge in [-0.1, -0.05) is 219 Å². The zero-order valence-electron chi connectivity index (χ0n) is 41.7. The number of nitrogens with one attached hydrogen (secondary N) is 2. The number of hydrogen-bond acceptors (Lipinski definition) is 7. The predicted molar refractivity (Wildman–Crippen MR) is 301 cm³/mol. The van der Waals surface area contributed by atoms with E-state index < -0.39 is 21.0 Å². The zero-order valence-corrected chi connectivity index (χ0v) is 46.4. The number of aliphatic imine (C=N–C) groups is 1. The Morgan fingerprint density at radius 3 is 1.83 bits per heavy atom. The predicted octanol–water partition coefficient (Wildman–Crippen LogP) is 17.4. The van der Waals surface area contributed by atoms with Crippen molar-refractivity contribution in [3.63, 3.8) is 0 Å². The third-order valence-corrected chi connectivity index (χ3v) is 16.8. The van der Waals surface area contributed by atoms with Gasteiger partial charge in [-0.3, -0.25) is 15.0 Å². The summed E-state index contributed by atoms with van der Waals surface area (Å²) in [4.78, 5) is 33.3. The molecule has 0 radical (unpaired) electrons. The number of anilines is 2. The van der Waals surface area contributed by atoms with Gasteiger partial charge < -0.3 is 10.1 Å². The van der Waals surface area contributed by atoms with Crippen LogP contribution in [0.25, 0.3) is 0 Å². The highest BCUT2D eigenvalue weighted by molar-refractivity contribution is 8.01. The minimum atomic E-state index is -3.60. The van der Waals surface area contributed by atoms with E-state index in [-0.39, 0.29) is 60.5 Å². The van der Waals surface area contributed by atoms with E-state index in [1.54, 1.807) is 24.3 Å². The number of benzene rings is 4. The molecule has 1 fully saturated rings. The van der Waals surface area contributed by atoms with Gasteiger partial charge >= 0.3 is 0 Å². The van der Waals surface area contributed by atoms with Gasteiger partial charge in [0, 0.05) is 9.92 Å². The molecule has 0 aromatic heterocycles. The van der Waals surface area contributed by atoms with Crippen LogP contribution in [0.1, 0.15) is 167 Å². The van der Waals surface area contributed by atoms with Gasteiger partial charge in [-0.25, -0.2) is 18.4 Å². The molecule has 0 bridgehead atoms. The maximum Gasteiger partial charge on any atom is 0.267 e. The molecule has 4 aromatic rings. The lowest BCUT2D eigenvalue weighted by Gasteiger charge is -2.19. The standard InChI is InChI=1S/C56H74Cl4N4O5S2/c1-3-5-7-9-11-13-15-16-17-18-20-22-24-29-42-30-28-31-44(37-42)69-41-52(65)61-50-32-25-26-33-51(50)70-54-55(63-64(56(54)66)53-47(59)38-43(57)39-48(53)60)62-49-35-34-45(40-46(49)58)71(67,68)36-27-23-21-19-14-12-10-8-6-4-2/h25-26,28,30-35,37-40,54H,3-24,27,29,36,41H2,1-2H3,(H,61,65)(H,62,63). The van der Waals surface area contributed by atoms with Gasteiger partial charge in [0.2, 0.25) is 0 Å². The normalized spacial score (nSPS) is 14.3. The Hall–Kier alpha value is -3.45. The van der Waals surface area contributed by atoms with Crippen molar-refractivity contribution in [1.29, 1.82) is 0 Å². The SMILES string of the molecule is CCCCCCCCCCCCCCCc1cccc(OCC(=O)Nc2ccccc2SC2C(=O)N(c3c(Cl)cc(Cl)cc3Cl)NC2=Nc2ccc(S(=O)(=O)CCCCCCCCCCCC)cc2Cl)c1. The molecular weight excluding hydrogens is 1010 g/mol. The summed E-state index contributed by atoms with van der Waals surface area (Å²) in [6.45, 7) is 4.26. The lowest BCUT2D eigenvalue weighted by atomic mass is 10.0. The number of carbonyl (C=O) groups excluding carboxylic acids is 2. The molecule has 1 heterocycles. The lowest BCUT2D eigenvalue weighted by Crippen LogP contribution is -2.36. The van der Waals surface area contributed by atoms with E-state index >= 15 is 0 Å². The van der Waals surface area contributed by atoms with Crippen LogP contribution < -0.4 is 20.5 Å². The number of para-hydroxylation sites is 1. The molecule has 0 aliphatic carbocycles. The van der Waals surface area contributed by atoms with Crippen LogP contribution in [0.3, 0.4) is 0 Å². The Morgan fingerprint density at radius 1 is 0.676 bits per heavy atom. The van der Waals surface area contributed by atoms with E-state index in [1.807, 2.05) is 18.2 Å². The Kier molecular flexibility index (Phi) is 26.3. The van der Waals surface area contributed by atoms with Crippen LogP contribution >= 0.6 is 58.2 Å². The van der Waals surface area contributed by atoms with Crippen molar-refractivity contribution in [1.82, 2.24) is 5.43 Å². The molecule has 1 aliphatic heterocycles. The number of hydrazine groups is 1. The third-order valence-electron chi connectivity index (χ3n) is 12.7. The number of ether oxygens (including phenoxy) is 1. The van der Waals surface area contributed by atoms with E-state index in [9.17, 15) is 18.0 Å². The highest BCUT2D eigenvalue weighted by atomic mass is 35.5. The second-order valence-electron chi connectivity index (χ2n) is 18.6. The molecule has 2 N–H and O–H groups in total. The first-order valence-electron chi connectivity index (χ1n) is 26.0. The summed E-state index contributed by atoms with van der Waals surface area (Å²) < 4.78 is 32.7. The average Bonchev–Trinajstić information content (AvgIpc) is 3.63. The summed E-state index contributed by atoms with van der Waals surface area (Å²) in [5.41, 5.74) is 5.12. The van der Waals surface area contributed by atoms with Crippen molar-refractivity contribution in [3.05, 3.63) is 105 Å². The highest BCUT2D eigenvalue weighted by Gasteiger charge is 2.41. The lowest BCUT2D eigenvalue weighted by molar-refractivity contribution is -0.118. The summed E-state index contributed by atoms with van der Waals surface area (Å²) in [7, 11) is -3.60. The number of halogens is 4. The summed E-state index contributed by atoms with van der Waals surface area (Å²) in [5, 5.41) is 3.79. The molecule has 388 valence electrons. The summed E-state index contributed by atoms with van der Waals surface area (Å²) in [6.07, 6.45) is 29.0. The van der Waals surface area contributed by atoms with Crippen LogP contribution in [0, 0.1) is 0 Å². The summed E-state index contributed by atoms with van der Waals surface area (Å²) in [6, 6.07) is 22.4. The molecule has 71 heavy (non-hydrogen) atoms. The maximum absolute atomic E-state index is 14.4. The number of amides is 2. The van der Waals surface area contributed by atoms with E-state index in [0.717, 1.165) is 43.9 Å². The quantitative estimate of drug-likeness (QED) is 0.0448. The molecule has 5 rings (SSSR count). The van der Waals surface area contributed by atoms with Crippen LogP contribution in [0.4, 0.5) is 17.1 Å². The second-order valence-corrected chi connectivity index (χ2v) is 23.5. The molecule has 0 spiro atoms. The number of rotatable bonds is 34. The van der Waals surface area contributed by atoms with Crippen LogP contribution in [0.5, 0.6) is 5.75 Å². The van der Waals surface area contributed by atoms with Gasteiger partial charge in [0.25, 0.3) is 11.8 Å². The zero-order chi connectivity index (χ0) is 50.9. The highest BCUT2D eigenvalue weighted by Crippen LogP contribution is 2.41. The van der Waals surface area contributed by atoms with Crippen LogP contribution in [-0.2, 0) is 25.8 Å². The Labute approximate surface area is 448 Å². The first-order valence-corrected chi connectivity index (χ1v) is 30.1. The number of hydrogen-bond donors (Lipinski definition) is 2. The van der Waals surface area contributed by atoms with Gasteiger partial charge in [-0.2, -0.15) is 0 Å². The minimum absolute atomic E-state index is 0.0227. The third kappa shape index (κ3) is 20.1. The average molecular weight is 1090 g/mol. The molecule has 15 heteroatoms. The first kappa shape index (κ1) is 58.4. The van der Waals surface area contributed by atoms with Gasteiger partial charge in [0.15, 0.2) is 16.4 Å². The fourth-order valence-corrected chi connectivity index (χ4v) is 12.4. The topological polar surface area (TPSA) is 117 Å². The van der Waals surface area contributed by atoms with E-state index in [2.05, 4.69) is 30.7 Å². The molecule has 1 unspecified atom stereocenters. The number of sulfone groups is 1. The van der Waals surface area contributed by atoms with Crippen LogP contribution in [0.2, 0.25) is 20.1 Å². The number of carbonyl (C=O) groups is 2. The molecule has 1 aliphatic rings. The Bertz CT molecular complexity index is 2410. The first-order chi connectivity index (χ1) is 34.4. The fourth-order valence-electron chi connectivity index (χ4n) is 8.64. The van der Waals surface area contributed by atoms with Gasteiger partial charge in [0.05, 0.1) is 37.1 Å². The number of thioether (sulfide) groups is 1. The number of amidine groups is 1. The molecule has 9 nitrogen and oxygen atoms in total. The van der Waals surface area contributed by atoms with Crippen molar-refractivity contribution < 1.29 is 22.7 Å². The summed E-state index contributed by atoms with van der Waals surface area (Å²) >= 11 is 27.4. The number of unbranched alkanes of at least 4 members (excludes halogenated alkanes) is 21.